The summed E-state index contributed by atoms with van der Waals surface area (Å²) in [5.74, 6) is -0.0891. The van der Waals surface area contributed by atoms with Crippen molar-refractivity contribution in [2.75, 3.05) is 0 Å². The van der Waals surface area contributed by atoms with Gasteiger partial charge in [0.05, 0.1) is 5.56 Å². The smallest absolute Gasteiger partial charge is 0.303 e. The summed E-state index contributed by atoms with van der Waals surface area (Å²) in [6, 6.07) is 5.26. The van der Waals surface area contributed by atoms with Crippen molar-refractivity contribution in [2.24, 2.45) is 5.92 Å². The van der Waals surface area contributed by atoms with Crippen LogP contribution in [0.25, 0.3) is 11.5 Å². The number of halogens is 2. The molecule has 2 aromatic rings. The third-order valence-electron chi connectivity index (χ3n) is 2.67. The van der Waals surface area contributed by atoms with Gasteiger partial charge in [-0.05, 0) is 40.0 Å². The van der Waals surface area contributed by atoms with Crippen LogP contribution in [0.2, 0.25) is 5.02 Å². The van der Waals surface area contributed by atoms with E-state index in [1.54, 1.807) is 18.2 Å². The van der Waals surface area contributed by atoms with Gasteiger partial charge in [0.15, 0.2) is 0 Å². The van der Waals surface area contributed by atoms with Crippen LogP contribution >= 0.6 is 27.5 Å². The molecule has 0 aliphatic carbocycles. The molecule has 0 aliphatic rings. The van der Waals surface area contributed by atoms with Crippen molar-refractivity contribution in [1.29, 1.82) is 0 Å². The minimum Gasteiger partial charge on any atom is -0.481 e. The van der Waals surface area contributed by atoms with Crippen LogP contribution in [-0.4, -0.2) is 21.3 Å². The quantitative estimate of drug-likeness (QED) is 0.878. The Morgan fingerprint density at radius 3 is 2.90 bits per heavy atom. The first kappa shape index (κ1) is 15.0. The fraction of sp³-hybridized carbons (Fsp3) is 0.308. The van der Waals surface area contributed by atoms with Gasteiger partial charge in [-0.2, -0.15) is 0 Å². The second-order valence-corrected chi connectivity index (χ2v) is 5.82. The summed E-state index contributed by atoms with van der Waals surface area (Å²) < 4.78 is 6.32. The molecule has 0 fully saturated rings. The number of benzene rings is 1. The third-order valence-corrected chi connectivity index (χ3v) is 3.57. The normalized spacial score (nSPS) is 12.3. The van der Waals surface area contributed by atoms with Crippen molar-refractivity contribution >= 4 is 33.5 Å². The molecule has 0 aliphatic heterocycles. The van der Waals surface area contributed by atoms with Crippen LogP contribution in [0.15, 0.2) is 27.1 Å². The SMILES string of the molecule is CC(CC(=O)O)Cc1nnc(-c2ccc(Cl)cc2Br)o1. The van der Waals surface area contributed by atoms with Crippen LogP contribution in [-0.2, 0) is 11.2 Å². The fourth-order valence-electron chi connectivity index (χ4n) is 1.78. The van der Waals surface area contributed by atoms with Gasteiger partial charge in [-0.3, -0.25) is 4.79 Å². The van der Waals surface area contributed by atoms with Gasteiger partial charge >= 0.3 is 5.97 Å². The van der Waals surface area contributed by atoms with Crippen LogP contribution in [0.1, 0.15) is 19.2 Å². The number of hydrogen-bond donors (Lipinski definition) is 1. The largest absolute Gasteiger partial charge is 0.481 e. The van der Waals surface area contributed by atoms with Crippen LogP contribution < -0.4 is 0 Å². The molecule has 0 amide bonds. The highest BCUT2D eigenvalue weighted by Crippen LogP contribution is 2.30. The highest BCUT2D eigenvalue weighted by atomic mass is 79.9. The average molecular weight is 360 g/mol. The summed E-state index contributed by atoms with van der Waals surface area (Å²) >= 11 is 9.26. The van der Waals surface area contributed by atoms with Crippen molar-refractivity contribution < 1.29 is 14.3 Å². The van der Waals surface area contributed by atoms with Crippen molar-refractivity contribution in [1.82, 2.24) is 10.2 Å². The number of carboxylic acid groups (broad SMARTS) is 1. The van der Waals surface area contributed by atoms with E-state index in [0.29, 0.717) is 23.2 Å². The minimum atomic E-state index is -0.835. The van der Waals surface area contributed by atoms with Crippen LogP contribution in [0.3, 0.4) is 0 Å². The van der Waals surface area contributed by atoms with Crippen LogP contribution in [0.4, 0.5) is 0 Å². The second-order valence-electron chi connectivity index (χ2n) is 4.53. The first-order valence-electron chi connectivity index (χ1n) is 5.95. The Hall–Kier alpha value is -1.40. The molecule has 0 bridgehead atoms. The van der Waals surface area contributed by atoms with E-state index in [1.807, 2.05) is 6.92 Å². The standard InChI is InChI=1S/C13H12BrClN2O3/c1-7(5-12(18)19)4-11-16-17-13(20-11)9-3-2-8(15)6-10(9)14/h2-3,6-7H,4-5H2,1H3,(H,18,19). The van der Waals surface area contributed by atoms with Crippen LogP contribution in [0.5, 0.6) is 0 Å². The van der Waals surface area contributed by atoms with E-state index < -0.39 is 5.97 Å². The topological polar surface area (TPSA) is 76.2 Å². The van der Waals surface area contributed by atoms with E-state index in [4.69, 9.17) is 21.1 Å². The summed E-state index contributed by atoms with van der Waals surface area (Å²) in [6.45, 7) is 1.83. The number of aromatic nitrogens is 2. The summed E-state index contributed by atoms with van der Waals surface area (Å²) in [5.41, 5.74) is 0.749. The Kier molecular flexibility index (Phi) is 4.77. The van der Waals surface area contributed by atoms with E-state index in [2.05, 4.69) is 26.1 Å². The zero-order valence-electron chi connectivity index (χ0n) is 10.6. The molecule has 7 heteroatoms. The lowest BCUT2D eigenvalue weighted by atomic mass is 10.0. The number of hydrogen-bond acceptors (Lipinski definition) is 4. The third kappa shape index (κ3) is 3.80. The molecule has 1 atom stereocenters. The van der Waals surface area contributed by atoms with E-state index in [0.717, 1.165) is 10.0 Å². The molecule has 2 rings (SSSR count). The Bertz CT molecular complexity index is 630. The van der Waals surface area contributed by atoms with Gasteiger partial charge in [0.2, 0.25) is 11.8 Å². The highest BCUT2D eigenvalue weighted by molar-refractivity contribution is 9.10. The predicted molar refractivity (Wildman–Crippen MR) is 77.6 cm³/mol. The average Bonchev–Trinajstić information content (AvgIpc) is 2.75. The number of nitrogens with zero attached hydrogens (tertiary/aromatic N) is 2. The Labute approximate surface area is 129 Å². The molecule has 5 nitrogen and oxygen atoms in total. The Morgan fingerprint density at radius 1 is 1.50 bits per heavy atom. The van der Waals surface area contributed by atoms with Crippen molar-refractivity contribution in [3.05, 3.63) is 33.6 Å². The lowest BCUT2D eigenvalue weighted by Gasteiger charge is -2.03. The van der Waals surface area contributed by atoms with Crippen molar-refractivity contribution in [3.8, 4) is 11.5 Å². The van der Waals surface area contributed by atoms with Gasteiger partial charge in [0, 0.05) is 22.3 Å². The summed E-state index contributed by atoms with van der Waals surface area (Å²) in [5, 5.41) is 17.2. The Balaban J connectivity index is 2.14. The second kappa shape index (κ2) is 6.37. The maximum atomic E-state index is 10.6. The molecule has 0 saturated heterocycles. The number of carbonyl (C=O) groups is 1. The fourth-order valence-corrected chi connectivity index (χ4v) is 2.63. The molecule has 106 valence electrons. The minimum absolute atomic E-state index is 0.0607. The summed E-state index contributed by atoms with van der Waals surface area (Å²) in [4.78, 5) is 10.6. The molecule has 1 N–H and O–H groups in total. The van der Waals surface area contributed by atoms with Gasteiger partial charge in [-0.25, -0.2) is 0 Å². The molecular weight excluding hydrogens is 348 g/mol. The zero-order chi connectivity index (χ0) is 14.7. The van der Waals surface area contributed by atoms with Crippen molar-refractivity contribution in [3.63, 3.8) is 0 Å². The number of rotatable bonds is 5. The maximum Gasteiger partial charge on any atom is 0.303 e. The first-order valence-corrected chi connectivity index (χ1v) is 7.12. The monoisotopic (exact) mass is 358 g/mol. The molecule has 1 aromatic carbocycles. The van der Waals surface area contributed by atoms with E-state index >= 15 is 0 Å². The van der Waals surface area contributed by atoms with E-state index in [-0.39, 0.29) is 12.3 Å². The molecule has 1 aromatic heterocycles. The lowest BCUT2D eigenvalue weighted by molar-refractivity contribution is -0.137. The lowest BCUT2D eigenvalue weighted by Crippen LogP contribution is -2.07. The molecule has 0 radical (unpaired) electrons. The van der Waals surface area contributed by atoms with Crippen LogP contribution in [0, 0.1) is 5.92 Å². The van der Waals surface area contributed by atoms with Gasteiger partial charge in [-0.1, -0.05) is 18.5 Å². The molecule has 20 heavy (non-hydrogen) atoms. The number of aliphatic carboxylic acids is 1. The maximum absolute atomic E-state index is 10.6. The zero-order valence-corrected chi connectivity index (χ0v) is 13.0. The van der Waals surface area contributed by atoms with Gasteiger partial charge in [0.25, 0.3) is 0 Å². The molecule has 0 saturated carbocycles. The van der Waals surface area contributed by atoms with E-state index in [9.17, 15) is 4.79 Å². The first-order chi connectivity index (χ1) is 9.45. The summed E-state index contributed by atoms with van der Waals surface area (Å²) in [7, 11) is 0. The summed E-state index contributed by atoms with van der Waals surface area (Å²) in [6.07, 6.45) is 0.507. The van der Waals surface area contributed by atoms with Crippen molar-refractivity contribution in [2.45, 2.75) is 19.8 Å². The highest BCUT2D eigenvalue weighted by Gasteiger charge is 2.15. The molecule has 0 spiro atoms. The van der Waals surface area contributed by atoms with Gasteiger partial charge in [0.1, 0.15) is 0 Å². The Morgan fingerprint density at radius 2 is 2.25 bits per heavy atom. The number of carboxylic acids is 1. The van der Waals surface area contributed by atoms with Gasteiger partial charge in [-0.15, -0.1) is 10.2 Å². The molecular formula is C13H12BrClN2O3. The van der Waals surface area contributed by atoms with E-state index in [1.165, 1.54) is 0 Å². The molecule has 1 unspecified atom stereocenters. The van der Waals surface area contributed by atoms with Gasteiger partial charge < -0.3 is 9.52 Å². The molecule has 1 heterocycles. The predicted octanol–water partition coefficient (Wildman–Crippen LogP) is 3.81.